The summed E-state index contributed by atoms with van der Waals surface area (Å²) in [4.78, 5) is 17.3. The van der Waals surface area contributed by atoms with Crippen molar-refractivity contribution in [3.8, 4) is 0 Å². The molecule has 1 aromatic heterocycles. The molecule has 1 aliphatic rings. The molecule has 1 fully saturated rings. The van der Waals surface area contributed by atoms with E-state index in [9.17, 15) is 4.79 Å². The number of benzene rings is 1. The maximum absolute atomic E-state index is 10.9. The highest BCUT2D eigenvalue weighted by atomic mass is 35.5. The van der Waals surface area contributed by atoms with Gasteiger partial charge in [-0.2, -0.15) is 0 Å². The van der Waals surface area contributed by atoms with Gasteiger partial charge in [0.2, 0.25) is 0 Å². The third kappa shape index (κ3) is 2.91. The molecule has 0 spiro atoms. The number of nitrogens with zero attached hydrogens (tertiary/aromatic N) is 2. The summed E-state index contributed by atoms with van der Waals surface area (Å²) in [5.41, 5.74) is 1.15. The van der Waals surface area contributed by atoms with E-state index < -0.39 is 5.97 Å². The molecule has 1 atom stereocenters. The molecule has 5 nitrogen and oxygen atoms in total. The molecule has 1 aromatic carbocycles. The van der Waals surface area contributed by atoms with Crippen LogP contribution in [-0.2, 0) is 4.74 Å². The van der Waals surface area contributed by atoms with Crippen LogP contribution in [0.3, 0.4) is 0 Å². The first-order valence-electron chi connectivity index (χ1n) is 6.95. The molecule has 0 bridgehead atoms. The van der Waals surface area contributed by atoms with Gasteiger partial charge in [0.05, 0.1) is 24.8 Å². The van der Waals surface area contributed by atoms with E-state index in [0.29, 0.717) is 24.8 Å². The number of hydrogen-bond donors (Lipinski definition) is 1. The summed E-state index contributed by atoms with van der Waals surface area (Å²) in [5.74, 6) is -0.262. The zero-order chi connectivity index (χ0) is 15.5. The first-order valence-corrected chi connectivity index (χ1v) is 7.33. The largest absolute Gasteiger partial charge is 0.478 e. The van der Waals surface area contributed by atoms with Crippen LogP contribution in [0, 0.1) is 0 Å². The van der Waals surface area contributed by atoms with Crippen molar-refractivity contribution >= 4 is 23.4 Å². The highest BCUT2D eigenvalue weighted by Crippen LogP contribution is 2.32. The Balaban J connectivity index is 1.93. The van der Waals surface area contributed by atoms with Crippen LogP contribution in [0.4, 0.5) is 5.82 Å². The molecule has 0 unspecified atom stereocenters. The number of halogens is 1. The summed E-state index contributed by atoms with van der Waals surface area (Å²) in [7, 11) is 0. The summed E-state index contributed by atoms with van der Waals surface area (Å²) in [6.07, 6.45) is 1.37. The summed E-state index contributed by atoms with van der Waals surface area (Å²) in [6, 6.07) is 10.9. The maximum Gasteiger partial charge on any atom is 0.337 e. The summed E-state index contributed by atoms with van der Waals surface area (Å²) >= 11 is 6.30. The molecule has 0 amide bonds. The van der Waals surface area contributed by atoms with Crippen molar-refractivity contribution in [3.63, 3.8) is 0 Å². The average molecular weight is 319 g/mol. The number of anilines is 1. The molecule has 114 valence electrons. The van der Waals surface area contributed by atoms with Crippen LogP contribution >= 0.6 is 11.6 Å². The first-order chi connectivity index (χ1) is 10.7. The van der Waals surface area contributed by atoms with Crippen LogP contribution in [0.1, 0.15) is 22.0 Å². The van der Waals surface area contributed by atoms with E-state index in [4.69, 9.17) is 21.4 Å². The lowest BCUT2D eigenvalue weighted by Crippen LogP contribution is -2.40. The lowest BCUT2D eigenvalue weighted by molar-refractivity contribution is 0.0696. The smallest absolute Gasteiger partial charge is 0.337 e. The predicted octanol–water partition coefficient (Wildman–Crippen LogP) is 3.01. The zero-order valence-corrected chi connectivity index (χ0v) is 12.5. The van der Waals surface area contributed by atoms with E-state index in [1.165, 1.54) is 6.20 Å². The summed E-state index contributed by atoms with van der Waals surface area (Å²) in [5, 5.41) is 9.65. The molecular formula is C16H15ClN2O3. The van der Waals surface area contributed by atoms with Gasteiger partial charge < -0.3 is 14.7 Å². The van der Waals surface area contributed by atoms with Crippen molar-refractivity contribution in [1.29, 1.82) is 0 Å². The van der Waals surface area contributed by atoms with Gasteiger partial charge in [0.15, 0.2) is 0 Å². The fourth-order valence-electron chi connectivity index (χ4n) is 2.56. The molecule has 22 heavy (non-hydrogen) atoms. The lowest BCUT2D eigenvalue weighted by Gasteiger charge is -2.37. The quantitative estimate of drug-likeness (QED) is 0.942. The van der Waals surface area contributed by atoms with Gasteiger partial charge in [-0.3, -0.25) is 0 Å². The third-order valence-corrected chi connectivity index (χ3v) is 4.03. The highest BCUT2D eigenvalue weighted by molar-refractivity contribution is 6.31. The Morgan fingerprint density at radius 3 is 2.82 bits per heavy atom. The Hall–Kier alpha value is -2.11. The van der Waals surface area contributed by atoms with Gasteiger partial charge in [0.1, 0.15) is 5.82 Å². The van der Waals surface area contributed by atoms with Crippen molar-refractivity contribution in [2.45, 2.75) is 6.04 Å². The second-order valence-corrected chi connectivity index (χ2v) is 5.42. The van der Waals surface area contributed by atoms with Crippen molar-refractivity contribution in [2.75, 3.05) is 24.7 Å². The van der Waals surface area contributed by atoms with Crippen molar-refractivity contribution in [2.24, 2.45) is 0 Å². The van der Waals surface area contributed by atoms with Crippen LogP contribution in [0.2, 0.25) is 5.02 Å². The van der Waals surface area contributed by atoms with E-state index in [0.717, 1.165) is 11.4 Å². The third-order valence-electron chi connectivity index (χ3n) is 3.68. The topological polar surface area (TPSA) is 62.7 Å². The molecule has 1 saturated heterocycles. The molecular weight excluding hydrogens is 304 g/mol. The molecule has 1 aliphatic heterocycles. The second kappa shape index (κ2) is 6.34. The van der Waals surface area contributed by atoms with Crippen LogP contribution in [-0.4, -0.2) is 35.8 Å². The number of hydrogen-bond acceptors (Lipinski definition) is 4. The number of carbonyl (C=O) groups is 1. The van der Waals surface area contributed by atoms with Crippen LogP contribution in [0.5, 0.6) is 0 Å². The Kier molecular flexibility index (Phi) is 4.27. The van der Waals surface area contributed by atoms with E-state index >= 15 is 0 Å². The second-order valence-electron chi connectivity index (χ2n) is 5.02. The van der Waals surface area contributed by atoms with Crippen molar-refractivity contribution in [1.82, 2.24) is 4.98 Å². The number of aromatic carboxylic acids is 1. The van der Waals surface area contributed by atoms with E-state index in [1.807, 2.05) is 24.3 Å². The Morgan fingerprint density at radius 2 is 2.14 bits per heavy atom. The van der Waals surface area contributed by atoms with Crippen LogP contribution in [0.25, 0.3) is 0 Å². The molecule has 6 heteroatoms. The predicted molar refractivity (Wildman–Crippen MR) is 83.6 cm³/mol. The van der Waals surface area contributed by atoms with E-state index in [-0.39, 0.29) is 11.6 Å². The van der Waals surface area contributed by atoms with Crippen LogP contribution in [0.15, 0.2) is 42.6 Å². The number of rotatable bonds is 3. The van der Waals surface area contributed by atoms with Gasteiger partial charge in [-0.25, -0.2) is 9.78 Å². The van der Waals surface area contributed by atoms with Gasteiger partial charge in [-0.1, -0.05) is 29.8 Å². The monoisotopic (exact) mass is 318 g/mol. The van der Waals surface area contributed by atoms with Gasteiger partial charge in [-0.15, -0.1) is 0 Å². The van der Waals surface area contributed by atoms with Gasteiger partial charge in [0.25, 0.3) is 0 Å². The van der Waals surface area contributed by atoms with Gasteiger partial charge in [0, 0.05) is 17.8 Å². The van der Waals surface area contributed by atoms with Crippen molar-refractivity contribution in [3.05, 3.63) is 58.7 Å². The summed E-state index contributed by atoms with van der Waals surface area (Å²) < 4.78 is 5.58. The number of carboxylic acid groups (broad SMARTS) is 1. The highest BCUT2D eigenvalue weighted by Gasteiger charge is 2.27. The minimum Gasteiger partial charge on any atom is -0.478 e. The fourth-order valence-corrected chi connectivity index (χ4v) is 2.83. The number of morpholine rings is 1. The SMILES string of the molecule is O=C(O)c1ccc(N2CCOC[C@@H]2c2ccccc2Cl)nc1. The van der Waals surface area contributed by atoms with E-state index in [2.05, 4.69) is 9.88 Å². The van der Waals surface area contributed by atoms with Crippen molar-refractivity contribution < 1.29 is 14.6 Å². The standard InChI is InChI=1S/C16H15ClN2O3/c17-13-4-2-1-3-12(13)14-10-22-8-7-19(14)15-6-5-11(9-18-15)16(20)21/h1-6,9,14H,7-8,10H2,(H,20,21)/t14-/m1/s1. The molecule has 0 aliphatic carbocycles. The van der Waals surface area contributed by atoms with E-state index in [1.54, 1.807) is 12.1 Å². The average Bonchev–Trinajstić information content (AvgIpc) is 2.55. The molecule has 1 N–H and O–H groups in total. The minimum absolute atomic E-state index is 0.0365. The lowest BCUT2D eigenvalue weighted by atomic mass is 10.0. The van der Waals surface area contributed by atoms with Gasteiger partial charge >= 0.3 is 5.97 Å². The maximum atomic E-state index is 10.9. The molecule has 0 radical (unpaired) electrons. The van der Waals surface area contributed by atoms with Gasteiger partial charge in [-0.05, 0) is 23.8 Å². The first kappa shape index (κ1) is 14.8. The molecule has 0 saturated carbocycles. The minimum atomic E-state index is -0.983. The molecule has 2 aromatic rings. The normalized spacial score (nSPS) is 18.2. The zero-order valence-electron chi connectivity index (χ0n) is 11.8. The summed E-state index contributed by atoms with van der Waals surface area (Å²) in [6.45, 7) is 1.80. The molecule has 3 rings (SSSR count). The number of pyridine rings is 1. The fraction of sp³-hybridized carbons (Fsp3) is 0.250. The Labute approximate surface area is 133 Å². The Morgan fingerprint density at radius 1 is 1.32 bits per heavy atom. The number of aromatic nitrogens is 1. The number of carboxylic acids is 1. The Bertz CT molecular complexity index is 675. The number of ether oxygens (including phenoxy) is 1. The molecule has 2 heterocycles. The van der Waals surface area contributed by atoms with Crippen LogP contribution < -0.4 is 4.90 Å².